The summed E-state index contributed by atoms with van der Waals surface area (Å²) >= 11 is 0. The van der Waals surface area contributed by atoms with Gasteiger partial charge < -0.3 is 14.7 Å². The molecule has 21 heavy (non-hydrogen) atoms. The fourth-order valence-corrected chi connectivity index (χ4v) is 3.76. The molecule has 3 rings (SSSR count). The van der Waals surface area contributed by atoms with Crippen molar-refractivity contribution in [3.05, 3.63) is 29.8 Å². The third-order valence-corrected chi connectivity index (χ3v) is 5.08. The molecule has 1 aliphatic carbocycles. The van der Waals surface area contributed by atoms with E-state index in [-0.39, 0.29) is 5.91 Å². The van der Waals surface area contributed by atoms with E-state index in [2.05, 4.69) is 0 Å². The Balaban J connectivity index is 1.67. The quantitative estimate of drug-likeness (QED) is 0.930. The largest absolute Gasteiger partial charge is 0.497 e. The second kappa shape index (κ2) is 5.68. The molecule has 0 radical (unpaired) electrons. The van der Waals surface area contributed by atoms with E-state index in [0.29, 0.717) is 11.0 Å². The van der Waals surface area contributed by atoms with Crippen LogP contribution in [-0.2, 0) is 4.79 Å². The standard InChI is InChI=1S/C17H23NO3/c1-21-14-6-4-13(5-7-14)15(19)16(20)18-11-10-17(12-18)8-2-3-9-17/h4-7,15,19H,2-3,8-12H2,1H3/t15-/m1/s1. The molecule has 1 saturated heterocycles. The number of ether oxygens (including phenoxy) is 1. The Bertz CT molecular complexity index is 505. The topological polar surface area (TPSA) is 49.8 Å². The zero-order valence-electron chi connectivity index (χ0n) is 12.5. The van der Waals surface area contributed by atoms with Crippen molar-refractivity contribution in [1.82, 2.24) is 4.90 Å². The Morgan fingerprint density at radius 2 is 1.90 bits per heavy atom. The summed E-state index contributed by atoms with van der Waals surface area (Å²) in [4.78, 5) is 14.3. The van der Waals surface area contributed by atoms with Crippen LogP contribution in [0.15, 0.2) is 24.3 Å². The molecule has 1 atom stereocenters. The Hall–Kier alpha value is -1.55. The van der Waals surface area contributed by atoms with Gasteiger partial charge in [0.15, 0.2) is 6.10 Å². The molecule has 1 aliphatic heterocycles. The molecule has 0 unspecified atom stereocenters. The Morgan fingerprint density at radius 3 is 2.52 bits per heavy atom. The van der Waals surface area contributed by atoms with E-state index in [1.54, 1.807) is 31.4 Å². The maximum absolute atomic E-state index is 12.5. The van der Waals surface area contributed by atoms with Gasteiger partial charge in [0.2, 0.25) is 0 Å². The van der Waals surface area contributed by atoms with Crippen LogP contribution in [0.25, 0.3) is 0 Å². The summed E-state index contributed by atoms with van der Waals surface area (Å²) in [6.45, 7) is 1.60. The fourth-order valence-electron chi connectivity index (χ4n) is 3.76. The summed E-state index contributed by atoms with van der Waals surface area (Å²) in [6.07, 6.45) is 5.05. The van der Waals surface area contributed by atoms with Crippen LogP contribution < -0.4 is 4.74 Å². The van der Waals surface area contributed by atoms with E-state index >= 15 is 0 Å². The molecule has 1 spiro atoms. The summed E-state index contributed by atoms with van der Waals surface area (Å²) in [5.41, 5.74) is 0.975. The van der Waals surface area contributed by atoms with Gasteiger partial charge in [0, 0.05) is 13.1 Å². The minimum atomic E-state index is -1.06. The first-order chi connectivity index (χ1) is 10.1. The molecule has 0 aromatic heterocycles. The van der Waals surface area contributed by atoms with Crippen molar-refractivity contribution in [2.75, 3.05) is 20.2 Å². The van der Waals surface area contributed by atoms with Crippen molar-refractivity contribution >= 4 is 5.91 Å². The molecule has 2 fully saturated rings. The predicted molar refractivity (Wildman–Crippen MR) is 80.1 cm³/mol. The van der Waals surface area contributed by atoms with Crippen molar-refractivity contribution < 1.29 is 14.6 Å². The number of hydrogen-bond donors (Lipinski definition) is 1. The van der Waals surface area contributed by atoms with E-state index in [1.165, 1.54) is 25.7 Å². The number of aliphatic hydroxyl groups excluding tert-OH is 1. The molecular weight excluding hydrogens is 266 g/mol. The highest BCUT2D eigenvalue weighted by atomic mass is 16.5. The molecule has 1 aromatic carbocycles. The second-order valence-electron chi connectivity index (χ2n) is 6.39. The molecular formula is C17H23NO3. The van der Waals surface area contributed by atoms with Crippen molar-refractivity contribution in [1.29, 1.82) is 0 Å². The van der Waals surface area contributed by atoms with Gasteiger partial charge in [-0.05, 0) is 42.4 Å². The zero-order chi connectivity index (χ0) is 14.9. The number of carbonyl (C=O) groups excluding carboxylic acids is 1. The highest BCUT2D eigenvalue weighted by molar-refractivity contribution is 5.82. The van der Waals surface area contributed by atoms with Gasteiger partial charge in [0.25, 0.3) is 5.91 Å². The monoisotopic (exact) mass is 289 g/mol. The highest BCUT2D eigenvalue weighted by Gasteiger charge is 2.42. The number of amides is 1. The number of methoxy groups -OCH3 is 1. The molecule has 0 bridgehead atoms. The zero-order valence-corrected chi connectivity index (χ0v) is 12.5. The third kappa shape index (κ3) is 2.77. The van der Waals surface area contributed by atoms with Crippen molar-refractivity contribution in [3.8, 4) is 5.75 Å². The van der Waals surface area contributed by atoms with E-state index < -0.39 is 6.10 Å². The Kier molecular flexibility index (Phi) is 3.89. The number of nitrogens with zero attached hydrogens (tertiary/aromatic N) is 1. The summed E-state index contributed by atoms with van der Waals surface area (Å²) in [5.74, 6) is 0.563. The van der Waals surface area contributed by atoms with Crippen molar-refractivity contribution in [2.45, 2.75) is 38.2 Å². The number of carbonyl (C=O) groups is 1. The van der Waals surface area contributed by atoms with Gasteiger partial charge in [0.05, 0.1) is 7.11 Å². The first-order valence-electron chi connectivity index (χ1n) is 7.74. The lowest BCUT2D eigenvalue weighted by atomic mass is 9.86. The van der Waals surface area contributed by atoms with E-state index in [9.17, 15) is 9.90 Å². The molecule has 1 N–H and O–H groups in total. The van der Waals surface area contributed by atoms with E-state index in [1.807, 2.05) is 4.90 Å². The molecule has 1 saturated carbocycles. The molecule has 2 aliphatic rings. The lowest BCUT2D eigenvalue weighted by molar-refractivity contribution is -0.139. The smallest absolute Gasteiger partial charge is 0.256 e. The summed E-state index contributed by atoms with van der Waals surface area (Å²) in [6, 6.07) is 7.05. The normalized spacial score (nSPS) is 21.7. The van der Waals surface area contributed by atoms with Gasteiger partial charge in [-0.1, -0.05) is 25.0 Å². The number of likely N-dealkylation sites (tertiary alicyclic amines) is 1. The van der Waals surface area contributed by atoms with Gasteiger partial charge in [-0.15, -0.1) is 0 Å². The van der Waals surface area contributed by atoms with E-state index in [0.717, 1.165) is 25.3 Å². The predicted octanol–water partition coefficient (Wildman–Crippen LogP) is 2.52. The van der Waals surface area contributed by atoms with Crippen LogP contribution in [0, 0.1) is 5.41 Å². The SMILES string of the molecule is COc1ccc([C@@H](O)C(=O)N2CCC3(CCCC3)C2)cc1. The first kappa shape index (κ1) is 14.4. The number of aliphatic hydroxyl groups is 1. The third-order valence-electron chi connectivity index (χ3n) is 5.08. The van der Waals surface area contributed by atoms with Gasteiger partial charge in [-0.25, -0.2) is 0 Å². The Morgan fingerprint density at radius 1 is 1.24 bits per heavy atom. The molecule has 4 heteroatoms. The van der Waals surface area contributed by atoms with Gasteiger partial charge in [-0.3, -0.25) is 4.79 Å². The maximum Gasteiger partial charge on any atom is 0.256 e. The number of rotatable bonds is 3. The van der Waals surface area contributed by atoms with Gasteiger partial charge in [0.1, 0.15) is 5.75 Å². The summed E-state index contributed by atoms with van der Waals surface area (Å²) in [5, 5.41) is 10.3. The van der Waals surface area contributed by atoms with Crippen molar-refractivity contribution in [3.63, 3.8) is 0 Å². The van der Waals surface area contributed by atoms with Gasteiger partial charge in [-0.2, -0.15) is 0 Å². The second-order valence-corrected chi connectivity index (χ2v) is 6.39. The molecule has 1 heterocycles. The molecule has 4 nitrogen and oxygen atoms in total. The minimum Gasteiger partial charge on any atom is -0.497 e. The van der Waals surface area contributed by atoms with Crippen LogP contribution >= 0.6 is 0 Å². The molecule has 1 amide bonds. The lowest BCUT2D eigenvalue weighted by Gasteiger charge is -2.25. The maximum atomic E-state index is 12.5. The number of hydrogen-bond acceptors (Lipinski definition) is 3. The van der Waals surface area contributed by atoms with E-state index in [4.69, 9.17) is 4.74 Å². The summed E-state index contributed by atoms with van der Waals surface area (Å²) in [7, 11) is 1.60. The van der Waals surface area contributed by atoms with Gasteiger partial charge >= 0.3 is 0 Å². The molecule has 1 aromatic rings. The average molecular weight is 289 g/mol. The average Bonchev–Trinajstić information content (AvgIpc) is 3.16. The highest BCUT2D eigenvalue weighted by Crippen LogP contribution is 2.45. The summed E-state index contributed by atoms with van der Waals surface area (Å²) < 4.78 is 5.10. The van der Waals surface area contributed by atoms with Crippen LogP contribution in [0.4, 0.5) is 0 Å². The van der Waals surface area contributed by atoms with Crippen LogP contribution in [-0.4, -0.2) is 36.1 Å². The van der Waals surface area contributed by atoms with Crippen LogP contribution in [0.1, 0.15) is 43.8 Å². The molecule has 114 valence electrons. The Labute approximate surface area is 125 Å². The lowest BCUT2D eigenvalue weighted by Crippen LogP contribution is -2.35. The first-order valence-corrected chi connectivity index (χ1v) is 7.74. The number of benzene rings is 1. The van der Waals surface area contributed by atoms with Crippen LogP contribution in [0.2, 0.25) is 0 Å². The minimum absolute atomic E-state index is 0.163. The van der Waals surface area contributed by atoms with Crippen molar-refractivity contribution in [2.24, 2.45) is 5.41 Å². The van der Waals surface area contributed by atoms with Crippen LogP contribution in [0.3, 0.4) is 0 Å². The van der Waals surface area contributed by atoms with Crippen LogP contribution in [0.5, 0.6) is 5.75 Å². The fraction of sp³-hybridized carbons (Fsp3) is 0.588.